The number of carbonyl (C=O) groups excluding carboxylic acids is 5. The third kappa shape index (κ3) is 10.3. The molecule has 0 aromatic heterocycles. The lowest BCUT2D eigenvalue weighted by Gasteiger charge is -2.28. The minimum absolute atomic E-state index is 0.112. The van der Waals surface area contributed by atoms with E-state index in [1.807, 2.05) is 5.32 Å². The van der Waals surface area contributed by atoms with Crippen LogP contribution < -0.4 is 26.0 Å². The lowest BCUT2D eigenvalue weighted by molar-refractivity contribution is -0.165. The fourth-order valence-electron chi connectivity index (χ4n) is 3.97. The molecular weight excluding hydrogens is 685 g/mol. The van der Waals surface area contributed by atoms with Crippen LogP contribution in [0, 0.1) is 5.92 Å². The zero-order valence-corrected chi connectivity index (χ0v) is 26.0. The number of carbonyl (C=O) groups is 5. The van der Waals surface area contributed by atoms with Crippen LogP contribution >= 0.6 is 11.6 Å². The molecule has 0 bridgehead atoms. The Morgan fingerprint density at radius 1 is 0.854 bits per heavy atom. The Labute approximate surface area is 273 Å². The average molecular weight is 715 g/mol. The molecule has 11 nitrogen and oxygen atoms in total. The van der Waals surface area contributed by atoms with E-state index in [2.05, 4.69) is 5.32 Å². The van der Waals surface area contributed by atoms with Crippen LogP contribution in [0.2, 0.25) is 5.02 Å². The minimum Gasteiger partial charge on any atom is -0.497 e. The third-order valence-corrected chi connectivity index (χ3v) is 6.80. The van der Waals surface area contributed by atoms with E-state index in [9.17, 15) is 59.8 Å². The second kappa shape index (κ2) is 16.1. The summed E-state index contributed by atoms with van der Waals surface area (Å²) < 4.78 is 101. The SMILES string of the molecule is COc1ccc(C(NC(=O)C(CO)NC(=O)C(F)(F)c2cccc(Cl)c2)C(=O)N[C@H](C(=O)C(F)(F)C(=O)NCC(F)(F)F)C(C)C)cc1. The van der Waals surface area contributed by atoms with Crippen molar-refractivity contribution in [3.63, 3.8) is 0 Å². The van der Waals surface area contributed by atoms with Crippen LogP contribution in [0.3, 0.4) is 0 Å². The fraction of sp³-hybridized carbons (Fsp3) is 0.414. The van der Waals surface area contributed by atoms with E-state index >= 15 is 0 Å². The van der Waals surface area contributed by atoms with Crippen LogP contribution in [0.25, 0.3) is 0 Å². The molecular formula is C29H30ClF7N4O7. The molecule has 19 heteroatoms. The first-order chi connectivity index (χ1) is 22.1. The Kier molecular flexibility index (Phi) is 13.3. The highest BCUT2D eigenvalue weighted by Gasteiger charge is 2.52. The number of Topliss-reactive ketones (excluding diaryl/α,β-unsaturated/α-hetero) is 1. The number of aliphatic hydroxyl groups excluding tert-OH is 1. The number of hydrogen-bond donors (Lipinski definition) is 5. The van der Waals surface area contributed by atoms with Crippen molar-refractivity contribution >= 4 is 41.0 Å². The molecule has 0 heterocycles. The Bertz CT molecular complexity index is 1490. The molecule has 0 spiro atoms. The largest absolute Gasteiger partial charge is 0.497 e. The first-order valence-electron chi connectivity index (χ1n) is 13.7. The molecule has 2 rings (SSSR count). The molecule has 3 atom stereocenters. The fourth-order valence-corrected chi connectivity index (χ4v) is 4.16. The first kappa shape index (κ1) is 39.7. The molecule has 0 aliphatic heterocycles. The van der Waals surface area contributed by atoms with Crippen molar-refractivity contribution < 1.29 is 64.5 Å². The molecule has 2 unspecified atom stereocenters. The monoisotopic (exact) mass is 714 g/mol. The molecule has 5 N–H and O–H groups in total. The summed E-state index contributed by atoms with van der Waals surface area (Å²) in [7, 11) is 1.29. The van der Waals surface area contributed by atoms with Gasteiger partial charge in [-0.3, -0.25) is 24.0 Å². The van der Waals surface area contributed by atoms with Gasteiger partial charge < -0.3 is 31.1 Å². The smallest absolute Gasteiger partial charge is 0.405 e. The van der Waals surface area contributed by atoms with Crippen LogP contribution in [-0.4, -0.2) is 79.0 Å². The maximum Gasteiger partial charge on any atom is 0.405 e. The summed E-state index contributed by atoms with van der Waals surface area (Å²) in [5, 5.41) is 16.2. The summed E-state index contributed by atoms with van der Waals surface area (Å²) in [6, 6.07) is 2.79. The second-order valence-electron chi connectivity index (χ2n) is 10.5. The van der Waals surface area contributed by atoms with E-state index < -0.39 is 90.2 Å². The molecule has 0 aliphatic rings. The number of aliphatic hydroxyl groups is 1. The summed E-state index contributed by atoms with van der Waals surface area (Å²) in [5.41, 5.74) is -0.966. The summed E-state index contributed by atoms with van der Waals surface area (Å²) in [4.78, 5) is 63.5. The first-order valence-corrected chi connectivity index (χ1v) is 14.1. The topological polar surface area (TPSA) is 163 Å². The normalized spacial score (nSPS) is 13.9. The zero-order chi connectivity index (χ0) is 36.6. The summed E-state index contributed by atoms with van der Waals surface area (Å²) >= 11 is 5.71. The van der Waals surface area contributed by atoms with Crippen molar-refractivity contribution in [3.05, 3.63) is 64.7 Å². The van der Waals surface area contributed by atoms with Crippen LogP contribution in [0.1, 0.15) is 31.0 Å². The Morgan fingerprint density at radius 3 is 1.96 bits per heavy atom. The number of nitrogens with one attached hydrogen (secondary N) is 4. The number of ketones is 1. The molecule has 0 radical (unpaired) electrons. The van der Waals surface area contributed by atoms with E-state index in [1.54, 1.807) is 5.32 Å². The zero-order valence-electron chi connectivity index (χ0n) is 25.3. The summed E-state index contributed by atoms with van der Waals surface area (Å²) in [5.74, 6) is -20.0. The van der Waals surface area contributed by atoms with Crippen molar-refractivity contribution in [1.82, 2.24) is 21.3 Å². The van der Waals surface area contributed by atoms with Gasteiger partial charge in [0, 0.05) is 10.6 Å². The molecule has 264 valence electrons. The van der Waals surface area contributed by atoms with E-state index in [0.29, 0.717) is 0 Å². The number of rotatable bonds is 15. The van der Waals surface area contributed by atoms with Crippen LogP contribution in [0.15, 0.2) is 48.5 Å². The second-order valence-corrected chi connectivity index (χ2v) is 10.9. The van der Waals surface area contributed by atoms with Crippen molar-refractivity contribution in [2.45, 2.75) is 50.0 Å². The quantitative estimate of drug-likeness (QED) is 0.140. The van der Waals surface area contributed by atoms with Gasteiger partial charge >= 0.3 is 18.0 Å². The van der Waals surface area contributed by atoms with Crippen LogP contribution in [0.4, 0.5) is 30.7 Å². The number of hydrogen-bond acceptors (Lipinski definition) is 7. The number of alkyl halides is 7. The predicted octanol–water partition coefficient (Wildman–Crippen LogP) is 2.80. The van der Waals surface area contributed by atoms with E-state index in [1.165, 1.54) is 37.4 Å². The van der Waals surface area contributed by atoms with Crippen molar-refractivity contribution in [1.29, 1.82) is 0 Å². The molecule has 0 fully saturated rings. The number of benzene rings is 2. The lowest BCUT2D eigenvalue weighted by Crippen LogP contribution is -2.59. The van der Waals surface area contributed by atoms with Gasteiger partial charge in [0.2, 0.25) is 17.6 Å². The molecule has 0 aliphatic carbocycles. The van der Waals surface area contributed by atoms with Gasteiger partial charge in [-0.2, -0.15) is 30.7 Å². The van der Waals surface area contributed by atoms with Crippen molar-refractivity contribution in [2.75, 3.05) is 20.3 Å². The third-order valence-electron chi connectivity index (χ3n) is 6.57. The molecule has 48 heavy (non-hydrogen) atoms. The van der Waals surface area contributed by atoms with Gasteiger partial charge in [0.1, 0.15) is 24.4 Å². The van der Waals surface area contributed by atoms with E-state index in [-0.39, 0.29) is 16.3 Å². The van der Waals surface area contributed by atoms with Crippen LogP contribution in [-0.2, 0) is 29.9 Å². The van der Waals surface area contributed by atoms with Gasteiger partial charge in [0.05, 0.1) is 19.8 Å². The van der Waals surface area contributed by atoms with E-state index in [4.69, 9.17) is 16.3 Å². The number of amides is 4. The van der Waals surface area contributed by atoms with E-state index in [0.717, 1.165) is 37.4 Å². The summed E-state index contributed by atoms with van der Waals surface area (Å²) in [6.45, 7) is -1.13. The number of ether oxygens (including phenoxy) is 1. The van der Waals surface area contributed by atoms with Crippen molar-refractivity contribution in [2.24, 2.45) is 5.92 Å². The van der Waals surface area contributed by atoms with Gasteiger partial charge in [0.15, 0.2) is 0 Å². The van der Waals surface area contributed by atoms with Gasteiger partial charge in [-0.1, -0.05) is 49.7 Å². The Morgan fingerprint density at radius 2 is 1.46 bits per heavy atom. The predicted molar refractivity (Wildman–Crippen MR) is 154 cm³/mol. The lowest BCUT2D eigenvalue weighted by atomic mass is 9.94. The maximum absolute atomic E-state index is 14.8. The standard InChI is InChI=1S/C29H30ClF7N4O7/c1-14(2)20(22(43)29(36,37)25(46)38-13-27(31,32)33)40-24(45)21(15-7-9-18(48-3)10-8-15)41-23(44)19(12-42)39-26(47)28(34,35)16-5-4-6-17(30)11-16/h4-11,14,19-21,42H,12-13H2,1-3H3,(H,38,46)(H,39,47)(H,40,45)(H,41,44)/t19?,20-,21?/m0/s1. The highest BCUT2D eigenvalue weighted by atomic mass is 35.5. The highest BCUT2D eigenvalue weighted by molar-refractivity contribution is 6.30. The average Bonchev–Trinajstić information content (AvgIpc) is 3.02. The van der Waals surface area contributed by atoms with Gasteiger partial charge in [-0.05, 0) is 35.7 Å². The number of halogens is 8. The molecule has 4 amide bonds. The Balaban J connectivity index is 2.37. The van der Waals surface area contributed by atoms with Gasteiger partial charge in [-0.15, -0.1) is 0 Å². The van der Waals surface area contributed by atoms with Gasteiger partial charge in [0.25, 0.3) is 11.8 Å². The summed E-state index contributed by atoms with van der Waals surface area (Å²) in [6.07, 6.45) is -5.08. The minimum atomic E-state index is -5.08. The molecule has 2 aromatic carbocycles. The molecule has 0 saturated carbocycles. The molecule has 0 saturated heterocycles. The maximum atomic E-state index is 14.8. The molecule has 2 aromatic rings. The Hall–Kier alpha value is -4.45. The van der Waals surface area contributed by atoms with Crippen molar-refractivity contribution in [3.8, 4) is 5.75 Å². The highest BCUT2D eigenvalue weighted by Crippen LogP contribution is 2.30. The van der Waals surface area contributed by atoms with Crippen LogP contribution in [0.5, 0.6) is 5.75 Å². The van der Waals surface area contributed by atoms with Gasteiger partial charge in [-0.25, -0.2) is 0 Å². The number of methoxy groups -OCH3 is 1.